The van der Waals surface area contributed by atoms with Crippen molar-refractivity contribution in [2.24, 2.45) is 0 Å². The zero-order chi connectivity index (χ0) is 13.6. The molecule has 96 valence electrons. The van der Waals surface area contributed by atoms with E-state index in [1.54, 1.807) is 10.7 Å². The van der Waals surface area contributed by atoms with Crippen LogP contribution in [0.15, 0.2) is 22.8 Å². The van der Waals surface area contributed by atoms with Gasteiger partial charge < -0.3 is 0 Å². The second-order valence-electron chi connectivity index (χ2n) is 4.13. The van der Waals surface area contributed by atoms with Crippen LogP contribution in [-0.4, -0.2) is 24.8 Å². The van der Waals surface area contributed by atoms with Gasteiger partial charge in [-0.25, -0.2) is 0 Å². The van der Waals surface area contributed by atoms with Gasteiger partial charge in [0.2, 0.25) is 5.82 Å². The van der Waals surface area contributed by atoms with Crippen LogP contribution in [0.3, 0.4) is 0 Å². The number of aryl methyl sites for hydroxylation is 1. The van der Waals surface area contributed by atoms with E-state index >= 15 is 0 Å². The minimum absolute atomic E-state index is 0.443. The summed E-state index contributed by atoms with van der Waals surface area (Å²) in [5.74, 6) is 0.562. The monoisotopic (exact) mass is 337 g/mol. The predicted molar refractivity (Wildman–Crippen MR) is 76.2 cm³/mol. The highest BCUT2D eigenvalue weighted by molar-refractivity contribution is 9.10. The Kier molecular flexibility index (Phi) is 2.99. The van der Waals surface area contributed by atoms with Crippen LogP contribution >= 0.6 is 27.5 Å². The topological polar surface area (TPSA) is 56.0 Å². The zero-order valence-electron chi connectivity index (χ0n) is 10.2. The molecule has 0 amide bonds. The molecule has 0 aliphatic rings. The van der Waals surface area contributed by atoms with Gasteiger partial charge in [-0.2, -0.15) is 9.61 Å². The molecule has 0 saturated heterocycles. The number of fused-ring (bicyclic) bond motifs is 1. The summed E-state index contributed by atoms with van der Waals surface area (Å²) in [5.41, 5.74) is 3.25. The van der Waals surface area contributed by atoms with Crippen LogP contribution in [0.1, 0.15) is 11.1 Å². The molecule has 0 saturated carbocycles. The maximum atomic E-state index is 6.13. The van der Waals surface area contributed by atoms with Crippen molar-refractivity contribution in [3.8, 4) is 11.5 Å². The lowest BCUT2D eigenvalue weighted by atomic mass is 10.2. The van der Waals surface area contributed by atoms with Crippen LogP contribution < -0.4 is 0 Å². The number of rotatable bonds is 1. The van der Waals surface area contributed by atoms with Crippen molar-refractivity contribution >= 4 is 33.2 Å². The van der Waals surface area contributed by atoms with E-state index in [0.29, 0.717) is 22.3 Å². The Hall–Kier alpha value is -1.53. The molecule has 3 heterocycles. The average molecular weight is 339 g/mol. The Bertz CT molecular complexity index is 783. The predicted octanol–water partition coefficient (Wildman–Crippen LogP) is 3.22. The first-order chi connectivity index (χ1) is 9.09. The molecule has 0 aliphatic heterocycles. The lowest BCUT2D eigenvalue weighted by Gasteiger charge is -2.05. The Morgan fingerprint density at radius 1 is 1.21 bits per heavy atom. The highest BCUT2D eigenvalue weighted by atomic mass is 79.9. The Morgan fingerprint density at radius 3 is 2.74 bits per heavy atom. The molecule has 0 aliphatic carbocycles. The maximum absolute atomic E-state index is 6.13. The van der Waals surface area contributed by atoms with Crippen LogP contribution in [0, 0.1) is 13.8 Å². The Labute approximate surface area is 122 Å². The number of nitrogens with zero attached hydrogens (tertiary/aromatic N) is 5. The standard InChI is InChI=1S/C12H9BrClN5/c1-6-7(2)11-16-17-12(19(11)18-10(6)14)9-8(13)4-3-5-15-9/h3-5H,1-2H3. The Morgan fingerprint density at radius 2 is 2.00 bits per heavy atom. The molecule has 0 unspecified atom stereocenters. The van der Waals surface area contributed by atoms with Crippen molar-refractivity contribution in [1.29, 1.82) is 0 Å². The highest BCUT2D eigenvalue weighted by Crippen LogP contribution is 2.26. The molecule has 19 heavy (non-hydrogen) atoms. The van der Waals surface area contributed by atoms with Gasteiger partial charge in [0.1, 0.15) is 5.69 Å². The number of aromatic nitrogens is 5. The number of halogens is 2. The van der Waals surface area contributed by atoms with Gasteiger partial charge in [-0.05, 0) is 47.5 Å². The number of hydrogen-bond acceptors (Lipinski definition) is 4. The van der Waals surface area contributed by atoms with Gasteiger partial charge >= 0.3 is 0 Å². The van der Waals surface area contributed by atoms with Crippen molar-refractivity contribution in [2.75, 3.05) is 0 Å². The minimum atomic E-state index is 0.443. The molecule has 0 fully saturated rings. The normalized spacial score (nSPS) is 11.2. The van der Waals surface area contributed by atoms with Gasteiger partial charge in [0.15, 0.2) is 10.8 Å². The van der Waals surface area contributed by atoms with Crippen molar-refractivity contribution in [3.05, 3.63) is 39.1 Å². The van der Waals surface area contributed by atoms with Gasteiger partial charge in [-0.3, -0.25) is 4.98 Å². The summed E-state index contributed by atoms with van der Waals surface area (Å²) in [7, 11) is 0. The van der Waals surface area contributed by atoms with Crippen LogP contribution in [0.25, 0.3) is 17.2 Å². The number of hydrogen-bond donors (Lipinski definition) is 0. The summed E-state index contributed by atoms with van der Waals surface area (Å²) in [6.45, 7) is 3.86. The van der Waals surface area contributed by atoms with Crippen molar-refractivity contribution in [1.82, 2.24) is 24.8 Å². The minimum Gasteiger partial charge on any atom is -0.252 e. The maximum Gasteiger partial charge on any atom is 0.204 e. The third-order valence-corrected chi connectivity index (χ3v) is 4.01. The first-order valence-corrected chi connectivity index (χ1v) is 6.75. The fraction of sp³-hybridized carbons (Fsp3) is 0.167. The first kappa shape index (κ1) is 12.5. The number of pyridine rings is 1. The van der Waals surface area contributed by atoms with Crippen molar-refractivity contribution in [2.45, 2.75) is 13.8 Å². The van der Waals surface area contributed by atoms with E-state index < -0.39 is 0 Å². The SMILES string of the molecule is Cc1c(Cl)nn2c(-c3ncccc3Br)nnc2c1C. The average Bonchev–Trinajstić information content (AvgIpc) is 2.80. The fourth-order valence-electron chi connectivity index (χ4n) is 1.79. The van der Waals surface area contributed by atoms with Crippen LogP contribution in [0.4, 0.5) is 0 Å². The van der Waals surface area contributed by atoms with Gasteiger partial charge in [0, 0.05) is 16.2 Å². The largest absolute Gasteiger partial charge is 0.252 e. The van der Waals surface area contributed by atoms with Gasteiger partial charge in [-0.1, -0.05) is 11.6 Å². The molecule has 0 N–H and O–H groups in total. The van der Waals surface area contributed by atoms with Crippen molar-refractivity contribution < 1.29 is 0 Å². The second kappa shape index (κ2) is 4.54. The van der Waals surface area contributed by atoms with E-state index in [9.17, 15) is 0 Å². The first-order valence-electron chi connectivity index (χ1n) is 5.58. The van der Waals surface area contributed by atoms with E-state index in [4.69, 9.17) is 11.6 Å². The smallest absolute Gasteiger partial charge is 0.204 e. The van der Waals surface area contributed by atoms with Crippen LogP contribution in [0.2, 0.25) is 5.15 Å². The molecule has 7 heteroatoms. The molecule has 0 radical (unpaired) electrons. The Balaban J connectivity index is 2.36. The van der Waals surface area contributed by atoms with E-state index in [-0.39, 0.29) is 0 Å². The third kappa shape index (κ3) is 1.91. The molecule has 0 spiro atoms. The molecule has 0 atom stereocenters. The van der Waals surface area contributed by atoms with E-state index in [2.05, 4.69) is 36.2 Å². The molecule has 5 nitrogen and oxygen atoms in total. The zero-order valence-corrected chi connectivity index (χ0v) is 12.6. The summed E-state index contributed by atoms with van der Waals surface area (Å²) in [6, 6.07) is 3.73. The lowest BCUT2D eigenvalue weighted by Crippen LogP contribution is -2.01. The second-order valence-corrected chi connectivity index (χ2v) is 5.35. The molecule has 0 bridgehead atoms. The molecule has 3 aromatic rings. The van der Waals surface area contributed by atoms with Crippen LogP contribution in [-0.2, 0) is 0 Å². The summed E-state index contributed by atoms with van der Waals surface area (Å²) >= 11 is 9.58. The fourth-order valence-corrected chi connectivity index (χ4v) is 2.44. The summed E-state index contributed by atoms with van der Waals surface area (Å²) in [5, 5.41) is 13.1. The van der Waals surface area contributed by atoms with Gasteiger partial charge in [0.25, 0.3) is 0 Å². The molecular formula is C12H9BrClN5. The van der Waals surface area contributed by atoms with E-state index in [1.165, 1.54) is 0 Å². The van der Waals surface area contributed by atoms with Crippen molar-refractivity contribution in [3.63, 3.8) is 0 Å². The highest BCUT2D eigenvalue weighted by Gasteiger charge is 2.17. The lowest BCUT2D eigenvalue weighted by molar-refractivity contribution is 0.913. The quantitative estimate of drug-likeness (QED) is 0.683. The molecule has 3 rings (SSSR count). The van der Waals surface area contributed by atoms with E-state index in [0.717, 1.165) is 15.6 Å². The third-order valence-electron chi connectivity index (χ3n) is 3.01. The summed E-state index contributed by atoms with van der Waals surface area (Å²) in [4.78, 5) is 4.30. The summed E-state index contributed by atoms with van der Waals surface area (Å²) < 4.78 is 2.46. The molecule has 0 aromatic carbocycles. The van der Waals surface area contributed by atoms with Gasteiger partial charge in [-0.15, -0.1) is 10.2 Å². The van der Waals surface area contributed by atoms with Crippen LogP contribution in [0.5, 0.6) is 0 Å². The molecular weight excluding hydrogens is 330 g/mol. The van der Waals surface area contributed by atoms with Gasteiger partial charge in [0.05, 0.1) is 0 Å². The summed E-state index contributed by atoms with van der Waals surface area (Å²) in [6.07, 6.45) is 1.70. The van der Waals surface area contributed by atoms with E-state index in [1.807, 2.05) is 26.0 Å². The molecule has 3 aromatic heterocycles.